The Morgan fingerprint density at radius 1 is 1.13 bits per heavy atom. The van der Waals surface area contributed by atoms with Crippen LogP contribution in [0.25, 0.3) is 0 Å². The van der Waals surface area contributed by atoms with Crippen LogP contribution in [0.15, 0.2) is 41.3 Å². The first-order valence-corrected chi connectivity index (χ1v) is 11.8. The van der Waals surface area contributed by atoms with Crippen LogP contribution < -0.4 is 10.1 Å². The van der Waals surface area contributed by atoms with Crippen LogP contribution in [-0.4, -0.2) is 38.8 Å². The molecule has 2 aromatic rings. The number of rotatable bonds is 6. The molecule has 1 aliphatic heterocycles. The summed E-state index contributed by atoms with van der Waals surface area (Å²) < 4.78 is 32.7. The second-order valence-electron chi connectivity index (χ2n) is 7.76. The van der Waals surface area contributed by atoms with Gasteiger partial charge in [0.15, 0.2) is 0 Å². The Labute approximate surface area is 179 Å². The first-order valence-electron chi connectivity index (χ1n) is 10.3. The van der Waals surface area contributed by atoms with Crippen molar-refractivity contribution in [1.82, 2.24) is 4.31 Å². The lowest BCUT2D eigenvalue weighted by molar-refractivity contribution is -0.120. The Bertz CT molecular complexity index is 1030. The molecule has 1 amide bonds. The summed E-state index contributed by atoms with van der Waals surface area (Å²) in [6.45, 7) is 6.54. The molecule has 7 heteroatoms. The van der Waals surface area contributed by atoms with Crippen molar-refractivity contribution in [1.29, 1.82) is 0 Å². The molecule has 3 rings (SSSR count). The van der Waals surface area contributed by atoms with Crippen LogP contribution in [0.2, 0.25) is 0 Å². The van der Waals surface area contributed by atoms with Crippen molar-refractivity contribution in [3.8, 4) is 5.75 Å². The second-order valence-corrected chi connectivity index (χ2v) is 9.70. The van der Waals surface area contributed by atoms with Crippen LogP contribution >= 0.6 is 0 Å². The van der Waals surface area contributed by atoms with Crippen molar-refractivity contribution < 1.29 is 17.9 Å². The molecule has 0 radical (unpaired) electrons. The minimum atomic E-state index is -3.59. The molecule has 1 N–H and O–H groups in total. The molecule has 1 saturated heterocycles. The minimum absolute atomic E-state index is 0.0312. The third kappa shape index (κ3) is 4.52. The van der Waals surface area contributed by atoms with E-state index in [-0.39, 0.29) is 16.7 Å². The number of hydrogen-bond donors (Lipinski definition) is 1. The Hall–Kier alpha value is -2.38. The number of nitrogens with one attached hydrogen (secondary N) is 1. The van der Waals surface area contributed by atoms with Crippen molar-refractivity contribution in [3.05, 3.63) is 53.1 Å². The molecule has 0 aliphatic carbocycles. The number of para-hydroxylation sites is 1. The molecule has 1 fully saturated rings. The summed E-state index contributed by atoms with van der Waals surface area (Å²) in [5, 5.41) is 3.08. The first kappa shape index (κ1) is 22.3. The number of hydrogen-bond acceptors (Lipinski definition) is 4. The largest absolute Gasteiger partial charge is 0.496 e. The molecule has 0 spiro atoms. The standard InChI is InChI=1S/C23H30N2O4S/c1-5-18-8-6-7-16(2)22(18)24-23(26)19-11-13-25(14-12-19)30(27,28)20-9-10-21(29-4)17(3)15-20/h6-10,15,19H,5,11-14H2,1-4H3,(H,24,26). The van der Waals surface area contributed by atoms with Crippen LogP contribution in [0.3, 0.4) is 0 Å². The predicted molar refractivity (Wildman–Crippen MR) is 118 cm³/mol. The number of carbonyl (C=O) groups excluding carboxylic acids is 1. The summed E-state index contributed by atoms with van der Waals surface area (Å²) in [5.41, 5.74) is 3.81. The van der Waals surface area contributed by atoms with E-state index in [9.17, 15) is 13.2 Å². The topological polar surface area (TPSA) is 75.7 Å². The Balaban J connectivity index is 1.67. The summed E-state index contributed by atoms with van der Waals surface area (Å²) in [6.07, 6.45) is 1.86. The van der Waals surface area contributed by atoms with E-state index in [1.165, 1.54) is 4.31 Å². The molecule has 162 valence electrons. The number of benzene rings is 2. The van der Waals surface area contributed by atoms with E-state index in [1.807, 2.05) is 32.0 Å². The van der Waals surface area contributed by atoms with E-state index >= 15 is 0 Å². The molecule has 1 heterocycles. The quantitative estimate of drug-likeness (QED) is 0.754. The van der Waals surface area contributed by atoms with Gasteiger partial charge in [0.2, 0.25) is 15.9 Å². The molecular formula is C23H30N2O4S. The van der Waals surface area contributed by atoms with Gasteiger partial charge in [-0.3, -0.25) is 4.79 Å². The van der Waals surface area contributed by atoms with Crippen molar-refractivity contribution in [3.63, 3.8) is 0 Å². The number of aryl methyl sites for hydroxylation is 3. The SMILES string of the molecule is CCc1cccc(C)c1NC(=O)C1CCN(S(=O)(=O)c2ccc(OC)c(C)c2)CC1. The number of ether oxygens (including phenoxy) is 1. The normalized spacial score (nSPS) is 15.7. The van der Waals surface area contributed by atoms with Gasteiger partial charge < -0.3 is 10.1 Å². The van der Waals surface area contributed by atoms with Crippen LogP contribution in [0.5, 0.6) is 5.75 Å². The van der Waals surface area contributed by atoms with Gasteiger partial charge in [-0.15, -0.1) is 0 Å². The third-order valence-electron chi connectivity index (χ3n) is 5.82. The zero-order valence-corrected chi connectivity index (χ0v) is 18.9. The molecule has 2 aromatic carbocycles. The minimum Gasteiger partial charge on any atom is -0.496 e. The van der Waals surface area contributed by atoms with E-state index < -0.39 is 10.0 Å². The van der Waals surface area contributed by atoms with Crippen molar-refractivity contribution in [2.45, 2.75) is 44.9 Å². The van der Waals surface area contributed by atoms with Gasteiger partial charge in [0.05, 0.1) is 12.0 Å². The van der Waals surface area contributed by atoms with Gasteiger partial charge in [-0.1, -0.05) is 25.1 Å². The molecule has 0 unspecified atom stereocenters. The van der Waals surface area contributed by atoms with Gasteiger partial charge in [0, 0.05) is 24.7 Å². The maximum Gasteiger partial charge on any atom is 0.243 e. The van der Waals surface area contributed by atoms with Crippen molar-refractivity contribution in [2.24, 2.45) is 5.92 Å². The van der Waals surface area contributed by atoms with Gasteiger partial charge in [0.1, 0.15) is 5.75 Å². The predicted octanol–water partition coefficient (Wildman–Crippen LogP) is 3.91. The van der Waals surface area contributed by atoms with Crippen LogP contribution in [0.4, 0.5) is 5.69 Å². The van der Waals surface area contributed by atoms with Crippen LogP contribution in [-0.2, 0) is 21.2 Å². The molecule has 30 heavy (non-hydrogen) atoms. The van der Waals surface area contributed by atoms with Crippen molar-refractivity contribution >= 4 is 21.6 Å². The lowest BCUT2D eigenvalue weighted by atomic mass is 9.96. The van der Waals surface area contributed by atoms with Gasteiger partial charge in [-0.05, 0) is 68.0 Å². The zero-order valence-electron chi connectivity index (χ0n) is 18.1. The third-order valence-corrected chi connectivity index (χ3v) is 7.71. The number of methoxy groups -OCH3 is 1. The fourth-order valence-electron chi connectivity index (χ4n) is 3.95. The van der Waals surface area contributed by atoms with Crippen LogP contribution in [0.1, 0.15) is 36.5 Å². The highest BCUT2D eigenvalue weighted by Crippen LogP contribution is 2.28. The fraction of sp³-hybridized carbons (Fsp3) is 0.435. The van der Waals surface area contributed by atoms with Crippen molar-refractivity contribution in [2.75, 3.05) is 25.5 Å². The number of nitrogens with zero attached hydrogens (tertiary/aromatic N) is 1. The smallest absolute Gasteiger partial charge is 0.243 e. The highest BCUT2D eigenvalue weighted by atomic mass is 32.2. The second kappa shape index (κ2) is 9.18. The molecule has 0 bridgehead atoms. The number of carbonyl (C=O) groups is 1. The number of amides is 1. The number of piperidine rings is 1. The molecule has 0 aromatic heterocycles. The van der Waals surface area contributed by atoms with E-state index in [0.717, 1.165) is 28.8 Å². The van der Waals surface area contributed by atoms with Gasteiger partial charge in [-0.2, -0.15) is 4.31 Å². The zero-order chi connectivity index (χ0) is 21.9. The Kier molecular flexibility index (Phi) is 6.83. The Morgan fingerprint density at radius 2 is 1.83 bits per heavy atom. The highest BCUT2D eigenvalue weighted by Gasteiger charge is 2.32. The lowest BCUT2D eigenvalue weighted by Crippen LogP contribution is -2.41. The molecule has 6 nitrogen and oxygen atoms in total. The lowest BCUT2D eigenvalue weighted by Gasteiger charge is -2.31. The number of sulfonamides is 1. The van der Waals surface area contributed by atoms with Gasteiger partial charge >= 0.3 is 0 Å². The Morgan fingerprint density at radius 3 is 2.43 bits per heavy atom. The monoisotopic (exact) mass is 430 g/mol. The highest BCUT2D eigenvalue weighted by molar-refractivity contribution is 7.89. The fourth-order valence-corrected chi connectivity index (χ4v) is 5.50. The first-order chi connectivity index (χ1) is 14.3. The van der Waals surface area contributed by atoms with E-state index in [2.05, 4.69) is 12.2 Å². The maximum atomic E-state index is 13.0. The summed E-state index contributed by atoms with van der Waals surface area (Å²) in [5.74, 6) is 0.432. The van der Waals surface area contributed by atoms with Gasteiger partial charge in [0.25, 0.3) is 0 Å². The van der Waals surface area contributed by atoms with E-state index in [1.54, 1.807) is 25.3 Å². The summed E-state index contributed by atoms with van der Waals surface area (Å²) in [4.78, 5) is 13.1. The summed E-state index contributed by atoms with van der Waals surface area (Å²) >= 11 is 0. The summed E-state index contributed by atoms with van der Waals surface area (Å²) in [7, 11) is -2.03. The van der Waals surface area contributed by atoms with Crippen LogP contribution in [0, 0.1) is 19.8 Å². The van der Waals surface area contributed by atoms with E-state index in [4.69, 9.17) is 4.74 Å². The summed E-state index contributed by atoms with van der Waals surface area (Å²) in [6, 6.07) is 10.9. The molecular weight excluding hydrogens is 400 g/mol. The molecule has 1 aliphatic rings. The maximum absolute atomic E-state index is 13.0. The average molecular weight is 431 g/mol. The van der Waals surface area contributed by atoms with E-state index in [0.29, 0.717) is 31.7 Å². The molecule has 0 saturated carbocycles. The number of anilines is 1. The average Bonchev–Trinajstić information content (AvgIpc) is 2.75. The van der Waals surface area contributed by atoms with Gasteiger partial charge in [-0.25, -0.2) is 8.42 Å². The molecule has 0 atom stereocenters.